The molecule has 4 rings (SSSR count). The number of fused-ring (bicyclic) bond motifs is 1. The van der Waals surface area contributed by atoms with Gasteiger partial charge >= 0.3 is 0 Å². The topological polar surface area (TPSA) is 75.5 Å². The molecule has 7 heteroatoms. The van der Waals surface area contributed by atoms with Gasteiger partial charge in [-0.2, -0.15) is 5.10 Å². The van der Waals surface area contributed by atoms with Gasteiger partial charge < -0.3 is 9.88 Å². The summed E-state index contributed by atoms with van der Waals surface area (Å²) in [5.41, 5.74) is 5.00. The van der Waals surface area contributed by atoms with Crippen molar-refractivity contribution in [1.82, 2.24) is 29.7 Å². The van der Waals surface area contributed by atoms with E-state index < -0.39 is 0 Å². The van der Waals surface area contributed by atoms with E-state index in [9.17, 15) is 0 Å². The fraction of sp³-hybridized carbons (Fsp3) is 0.263. The Hall–Kier alpha value is -3.22. The number of imidazole rings is 1. The van der Waals surface area contributed by atoms with E-state index in [1.54, 1.807) is 35.8 Å². The van der Waals surface area contributed by atoms with Crippen LogP contribution in [0.1, 0.15) is 42.2 Å². The number of H-pyrrole nitrogens is 1. The van der Waals surface area contributed by atoms with Crippen molar-refractivity contribution in [2.75, 3.05) is 11.4 Å². The third-order valence-electron chi connectivity index (χ3n) is 4.77. The van der Waals surface area contributed by atoms with Crippen LogP contribution in [0.15, 0.2) is 44.1 Å². The van der Waals surface area contributed by atoms with Crippen LogP contribution >= 0.6 is 0 Å². The largest absolute Gasteiger partial charge is 0.348 e. The van der Waals surface area contributed by atoms with Gasteiger partial charge in [0.1, 0.15) is 11.9 Å². The first-order valence-electron chi connectivity index (χ1n) is 8.67. The van der Waals surface area contributed by atoms with Crippen molar-refractivity contribution in [2.24, 2.45) is 0 Å². The second-order valence-corrected chi connectivity index (χ2v) is 6.21. The van der Waals surface area contributed by atoms with Gasteiger partial charge in [0.15, 0.2) is 0 Å². The number of hydrogen-bond donors (Lipinski definition) is 1. The summed E-state index contributed by atoms with van der Waals surface area (Å²) >= 11 is 0. The summed E-state index contributed by atoms with van der Waals surface area (Å²) in [5, 5.41) is 4.77. The van der Waals surface area contributed by atoms with Crippen molar-refractivity contribution in [3.8, 4) is 0 Å². The van der Waals surface area contributed by atoms with Gasteiger partial charge in [-0.15, -0.1) is 0 Å². The molecule has 0 amide bonds. The zero-order valence-corrected chi connectivity index (χ0v) is 14.8. The van der Waals surface area contributed by atoms with E-state index in [-0.39, 0.29) is 6.04 Å². The van der Waals surface area contributed by atoms with Crippen LogP contribution < -0.4 is 4.90 Å². The Balaban J connectivity index is 1.84. The van der Waals surface area contributed by atoms with Gasteiger partial charge in [-0.3, -0.25) is 4.98 Å². The molecule has 0 unspecified atom stereocenters. The van der Waals surface area contributed by atoms with E-state index in [1.807, 2.05) is 0 Å². The summed E-state index contributed by atoms with van der Waals surface area (Å²) in [5.74, 6) is 0.815. The maximum Gasteiger partial charge on any atom is 0.147 e. The smallest absolute Gasteiger partial charge is 0.147 e. The van der Waals surface area contributed by atoms with Crippen LogP contribution in [0.2, 0.25) is 0 Å². The third-order valence-corrected chi connectivity index (χ3v) is 4.77. The van der Waals surface area contributed by atoms with Crippen molar-refractivity contribution < 1.29 is 0 Å². The van der Waals surface area contributed by atoms with Crippen LogP contribution in [-0.2, 0) is 6.42 Å². The minimum absolute atomic E-state index is 0.133. The van der Waals surface area contributed by atoms with E-state index in [1.165, 1.54) is 0 Å². The normalized spacial score (nSPS) is 16.3. The van der Waals surface area contributed by atoms with Gasteiger partial charge in [-0.05, 0) is 18.1 Å². The second kappa shape index (κ2) is 6.59. The Labute approximate surface area is 152 Å². The highest BCUT2D eigenvalue weighted by molar-refractivity contribution is 5.63. The quantitative estimate of drug-likeness (QED) is 0.768. The minimum atomic E-state index is -0.133. The van der Waals surface area contributed by atoms with Crippen LogP contribution in [0.25, 0.3) is 11.8 Å². The molecule has 1 N–H and O–H groups in total. The predicted octanol–water partition coefficient (Wildman–Crippen LogP) is 3.07. The lowest BCUT2D eigenvalue weighted by Crippen LogP contribution is -2.37. The van der Waals surface area contributed by atoms with E-state index in [2.05, 4.69) is 51.0 Å². The molecule has 3 aromatic rings. The minimum Gasteiger partial charge on any atom is -0.348 e. The Kier molecular flexibility index (Phi) is 4.12. The van der Waals surface area contributed by atoms with Crippen molar-refractivity contribution >= 4 is 17.6 Å². The molecule has 1 aliphatic rings. The predicted molar refractivity (Wildman–Crippen MR) is 101 cm³/mol. The van der Waals surface area contributed by atoms with Gasteiger partial charge in [-0.25, -0.2) is 14.6 Å². The second-order valence-electron chi connectivity index (χ2n) is 6.21. The molecular weight excluding hydrogens is 326 g/mol. The SMILES string of the molecule is C=Cn1nc([C@@H]2c3nc[nH]c3CCN2c2cnccn2)cc1C(=C)CC. The van der Waals surface area contributed by atoms with Crippen LogP contribution in [0.5, 0.6) is 0 Å². The third kappa shape index (κ3) is 2.61. The van der Waals surface area contributed by atoms with Crippen LogP contribution in [0.4, 0.5) is 5.82 Å². The lowest BCUT2D eigenvalue weighted by Gasteiger charge is -2.34. The maximum atomic E-state index is 4.77. The monoisotopic (exact) mass is 347 g/mol. The first kappa shape index (κ1) is 16.3. The molecule has 26 heavy (non-hydrogen) atoms. The van der Waals surface area contributed by atoms with E-state index >= 15 is 0 Å². The highest BCUT2D eigenvalue weighted by atomic mass is 15.3. The Morgan fingerprint density at radius 3 is 3.00 bits per heavy atom. The molecular formula is C19H21N7. The molecule has 0 saturated heterocycles. The molecule has 0 fully saturated rings. The molecule has 0 saturated carbocycles. The number of hydrogen-bond acceptors (Lipinski definition) is 5. The van der Waals surface area contributed by atoms with Crippen molar-refractivity contribution in [3.63, 3.8) is 0 Å². The number of aromatic nitrogens is 6. The summed E-state index contributed by atoms with van der Waals surface area (Å²) in [6.45, 7) is 10.9. The Morgan fingerprint density at radius 2 is 2.27 bits per heavy atom. The number of anilines is 1. The number of allylic oxidation sites excluding steroid dienone is 1. The molecule has 0 bridgehead atoms. The zero-order chi connectivity index (χ0) is 18.1. The fourth-order valence-corrected chi connectivity index (χ4v) is 3.39. The number of rotatable bonds is 5. The van der Waals surface area contributed by atoms with Crippen molar-refractivity contribution in [1.29, 1.82) is 0 Å². The van der Waals surface area contributed by atoms with Gasteiger partial charge in [0.05, 0.1) is 29.6 Å². The lowest BCUT2D eigenvalue weighted by atomic mass is 9.99. The van der Waals surface area contributed by atoms with Gasteiger partial charge in [-0.1, -0.05) is 20.1 Å². The molecule has 0 aromatic carbocycles. The Bertz CT molecular complexity index is 938. The molecule has 0 aliphatic carbocycles. The number of aromatic amines is 1. The first-order chi connectivity index (χ1) is 12.7. The van der Waals surface area contributed by atoms with E-state index in [0.717, 1.165) is 53.6 Å². The van der Waals surface area contributed by atoms with Crippen LogP contribution in [0, 0.1) is 0 Å². The lowest BCUT2D eigenvalue weighted by molar-refractivity contribution is 0.609. The molecule has 0 radical (unpaired) electrons. The van der Waals surface area contributed by atoms with E-state index in [4.69, 9.17) is 5.10 Å². The first-order valence-corrected chi connectivity index (χ1v) is 8.67. The van der Waals surface area contributed by atoms with Gasteiger partial charge in [0.2, 0.25) is 0 Å². The molecule has 1 atom stereocenters. The summed E-state index contributed by atoms with van der Waals surface area (Å²) in [6, 6.07) is 1.94. The molecule has 4 heterocycles. The molecule has 0 spiro atoms. The van der Waals surface area contributed by atoms with Crippen molar-refractivity contribution in [3.05, 3.63) is 66.9 Å². The average molecular weight is 347 g/mol. The maximum absolute atomic E-state index is 4.77. The Morgan fingerprint density at radius 1 is 1.38 bits per heavy atom. The molecule has 132 valence electrons. The summed E-state index contributed by atoms with van der Waals surface area (Å²) in [4.78, 5) is 18.7. The van der Waals surface area contributed by atoms with Gasteiger partial charge in [0, 0.05) is 37.3 Å². The number of nitrogens with zero attached hydrogens (tertiary/aromatic N) is 6. The van der Waals surface area contributed by atoms with Crippen LogP contribution in [0.3, 0.4) is 0 Å². The van der Waals surface area contributed by atoms with Crippen molar-refractivity contribution in [2.45, 2.75) is 25.8 Å². The molecule has 7 nitrogen and oxygen atoms in total. The summed E-state index contributed by atoms with van der Waals surface area (Å²) in [7, 11) is 0. The highest BCUT2D eigenvalue weighted by Crippen LogP contribution is 2.36. The summed E-state index contributed by atoms with van der Waals surface area (Å²) < 4.78 is 1.79. The number of nitrogens with one attached hydrogen (secondary N) is 1. The fourth-order valence-electron chi connectivity index (χ4n) is 3.39. The van der Waals surface area contributed by atoms with Crippen LogP contribution in [-0.4, -0.2) is 36.3 Å². The molecule has 3 aromatic heterocycles. The molecule has 1 aliphatic heterocycles. The van der Waals surface area contributed by atoms with Gasteiger partial charge in [0.25, 0.3) is 0 Å². The standard InChI is InChI=1S/C19H21N7/c1-4-13(3)16-10-15(24-26(16)5-2)19-18-14(22-12-23-18)6-9-25(19)17-11-20-7-8-21-17/h5,7-8,10-12,19H,2-4,6,9H2,1H3,(H,22,23)/t19-/m1/s1. The highest BCUT2D eigenvalue weighted by Gasteiger charge is 2.34. The summed E-state index contributed by atoms with van der Waals surface area (Å²) in [6.07, 6.45) is 10.3. The zero-order valence-electron chi connectivity index (χ0n) is 14.8. The van der Waals surface area contributed by atoms with E-state index in [0.29, 0.717) is 0 Å². The average Bonchev–Trinajstić information content (AvgIpc) is 3.34.